The van der Waals surface area contributed by atoms with Crippen LogP contribution in [0.2, 0.25) is 0 Å². The molecule has 0 spiro atoms. The molecule has 0 bridgehead atoms. The SMILES string of the molecule is CCCOc1ccc(Oc2ccc(C(=N)N)c(Br)c2)cc1. The van der Waals surface area contributed by atoms with Crippen molar-refractivity contribution >= 4 is 21.8 Å². The van der Waals surface area contributed by atoms with Crippen molar-refractivity contribution in [2.75, 3.05) is 6.61 Å². The van der Waals surface area contributed by atoms with Gasteiger partial charge < -0.3 is 15.2 Å². The number of ether oxygens (including phenoxy) is 2. The molecule has 0 aromatic heterocycles. The number of nitrogens with two attached hydrogens (primary N) is 1. The number of rotatable bonds is 6. The van der Waals surface area contributed by atoms with E-state index in [2.05, 4.69) is 22.9 Å². The molecule has 0 heterocycles. The van der Waals surface area contributed by atoms with Gasteiger partial charge in [0.25, 0.3) is 0 Å². The average Bonchev–Trinajstić information content (AvgIpc) is 2.46. The van der Waals surface area contributed by atoms with Crippen molar-refractivity contribution in [3.63, 3.8) is 0 Å². The summed E-state index contributed by atoms with van der Waals surface area (Å²) in [5.74, 6) is 2.25. The molecule has 2 aromatic rings. The Morgan fingerprint density at radius 3 is 2.29 bits per heavy atom. The van der Waals surface area contributed by atoms with Gasteiger partial charge in [0.2, 0.25) is 0 Å². The normalized spacial score (nSPS) is 10.2. The summed E-state index contributed by atoms with van der Waals surface area (Å²) >= 11 is 3.38. The summed E-state index contributed by atoms with van der Waals surface area (Å²) in [4.78, 5) is 0. The van der Waals surface area contributed by atoms with Gasteiger partial charge in [0.1, 0.15) is 23.1 Å². The van der Waals surface area contributed by atoms with Gasteiger partial charge in [-0.1, -0.05) is 6.92 Å². The average molecular weight is 349 g/mol. The molecule has 0 aliphatic rings. The molecular formula is C16H17BrN2O2. The molecule has 2 rings (SSSR count). The zero-order valence-corrected chi connectivity index (χ0v) is 13.3. The number of amidine groups is 1. The number of benzene rings is 2. The topological polar surface area (TPSA) is 68.3 Å². The van der Waals surface area contributed by atoms with E-state index in [0.717, 1.165) is 22.4 Å². The number of nitrogen functional groups attached to an aromatic ring is 1. The molecule has 110 valence electrons. The van der Waals surface area contributed by atoms with Crippen LogP contribution in [0.4, 0.5) is 0 Å². The van der Waals surface area contributed by atoms with E-state index in [-0.39, 0.29) is 5.84 Å². The van der Waals surface area contributed by atoms with Gasteiger partial charge in [-0.3, -0.25) is 5.41 Å². The highest BCUT2D eigenvalue weighted by Gasteiger charge is 2.05. The van der Waals surface area contributed by atoms with Crippen LogP contribution in [0.1, 0.15) is 18.9 Å². The van der Waals surface area contributed by atoms with Crippen molar-refractivity contribution < 1.29 is 9.47 Å². The van der Waals surface area contributed by atoms with Crippen LogP contribution >= 0.6 is 15.9 Å². The van der Waals surface area contributed by atoms with Crippen molar-refractivity contribution in [1.29, 1.82) is 5.41 Å². The summed E-state index contributed by atoms with van der Waals surface area (Å²) in [7, 11) is 0. The maximum absolute atomic E-state index is 7.44. The van der Waals surface area contributed by atoms with Gasteiger partial charge in [0.05, 0.1) is 6.61 Å². The van der Waals surface area contributed by atoms with E-state index in [1.807, 2.05) is 24.3 Å². The maximum Gasteiger partial charge on any atom is 0.128 e. The smallest absolute Gasteiger partial charge is 0.128 e. The quantitative estimate of drug-likeness (QED) is 0.603. The Bertz CT molecular complexity index is 627. The van der Waals surface area contributed by atoms with Gasteiger partial charge in [-0.2, -0.15) is 0 Å². The van der Waals surface area contributed by atoms with Gasteiger partial charge in [-0.05, 0) is 64.8 Å². The molecule has 0 saturated heterocycles. The molecule has 3 N–H and O–H groups in total. The molecule has 0 unspecified atom stereocenters. The van der Waals surface area contributed by atoms with E-state index in [0.29, 0.717) is 17.9 Å². The van der Waals surface area contributed by atoms with Crippen molar-refractivity contribution in [3.8, 4) is 17.2 Å². The Balaban J connectivity index is 2.07. The summed E-state index contributed by atoms with van der Waals surface area (Å²) in [6.07, 6.45) is 0.981. The van der Waals surface area contributed by atoms with E-state index >= 15 is 0 Å². The summed E-state index contributed by atoms with van der Waals surface area (Å²) in [6, 6.07) is 12.8. The lowest BCUT2D eigenvalue weighted by atomic mass is 10.2. The fourth-order valence-electron chi connectivity index (χ4n) is 1.74. The molecule has 2 aromatic carbocycles. The summed E-state index contributed by atoms with van der Waals surface area (Å²) < 4.78 is 12.0. The van der Waals surface area contributed by atoms with Crippen LogP contribution in [-0.4, -0.2) is 12.4 Å². The van der Waals surface area contributed by atoms with E-state index < -0.39 is 0 Å². The van der Waals surface area contributed by atoms with Gasteiger partial charge in [0, 0.05) is 10.0 Å². The predicted molar refractivity (Wildman–Crippen MR) is 87.5 cm³/mol. The second-order valence-corrected chi connectivity index (χ2v) is 5.33. The van der Waals surface area contributed by atoms with Crippen molar-refractivity contribution in [3.05, 3.63) is 52.5 Å². The van der Waals surface area contributed by atoms with Crippen molar-refractivity contribution in [2.45, 2.75) is 13.3 Å². The van der Waals surface area contributed by atoms with Gasteiger partial charge in [0.15, 0.2) is 0 Å². The molecule has 0 aliphatic carbocycles. The highest BCUT2D eigenvalue weighted by Crippen LogP contribution is 2.28. The van der Waals surface area contributed by atoms with E-state index in [1.54, 1.807) is 18.2 Å². The Labute approximate surface area is 132 Å². The highest BCUT2D eigenvalue weighted by atomic mass is 79.9. The van der Waals surface area contributed by atoms with Gasteiger partial charge in [-0.15, -0.1) is 0 Å². The molecule has 0 saturated carbocycles. The first-order chi connectivity index (χ1) is 10.1. The van der Waals surface area contributed by atoms with Crippen LogP contribution in [0, 0.1) is 5.41 Å². The lowest BCUT2D eigenvalue weighted by molar-refractivity contribution is 0.317. The van der Waals surface area contributed by atoms with Gasteiger partial charge in [-0.25, -0.2) is 0 Å². The number of halogens is 1. The zero-order valence-electron chi connectivity index (χ0n) is 11.7. The van der Waals surface area contributed by atoms with Crippen LogP contribution in [0.5, 0.6) is 17.2 Å². The monoisotopic (exact) mass is 348 g/mol. The Hall–Kier alpha value is -2.01. The molecular weight excluding hydrogens is 332 g/mol. The van der Waals surface area contributed by atoms with Crippen LogP contribution in [0.15, 0.2) is 46.9 Å². The first kappa shape index (κ1) is 15.4. The molecule has 0 amide bonds. The highest BCUT2D eigenvalue weighted by molar-refractivity contribution is 9.10. The number of hydrogen-bond donors (Lipinski definition) is 2. The maximum atomic E-state index is 7.44. The molecule has 0 fully saturated rings. The van der Waals surface area contributed by atoms with E-state index in [4.69, 9.17) is 20.6 Å². The standard InChI is InChI=1S/C16H17BrN2O2/c1-2-9-20-11-3-5-12(6-4-11)21-13-7-8-14(16(18)19)15(17)10-13/h3-8,10H,2,9H2,1H3,(H3,18,19). The first-order valence-corrected chi connectivity index (χ1v) is 7.44. The fourth-order valence-corrected chi connectivity index (χ4v) is 2.31. The lowest BCUT2D eigenvalue weighted by Crippen LogP contribution is -2.11. The minimum absolute atomic E-state index is 0.0193. The van der Waals surface area contributed by atoms with Crippen LogP contribution < -0.4 is 15.2 Å². The zero-order chi connectivity index (χ0) is 15.2. The molecule has 0 radical (unpaired) electrons. The number of hydrogen-bond acceptors (Lipinski definition) is 3. The van der Waals surface area contributed by atoms with Crippen LogP contribution in [0.25, 0.3) is 0 Å². The second kappa shape index (κ2) is 7.13. The Kier molecular flexibility index (Phi) is 5.22. The third-order valence-corrected chi connectivity index (χ3v) is 3.42. The minimum Gasteiger partial charge on any atom is -0.494 e. The molecule has 0 atom stereocenters. The molecule has 5 heteroatoms. The largest absolute Gasteiger partial charge is 0.494 e. The minimum atomic E-state index is 0.0193. The number of nitrogens with one attached hydrogen (secondary N) is 1. The first-order valence-electron chi connectivity index (χ1n) is 6.65. The molecule has 0 aliphatic heterocycles. The lowest BCUT2D eigenvalue weighted by Gasteiger charge is -2.09. The van der Waals surface area contributed by atoms with Crippen molar-refractivity contribution in [2.24, 2.45) is 5.73 Å². The second-order valence-electron chi connectivity index (χ2n) is 4.48. The van der Waals surface area contributed by atoms with E-state index in [1.165, 1.54) is 0 Å². The Morgan fingerprint density at radius 1 is 1.10 bits per heavy atom. The summed E-state index contributed by atoms with van der Waals surface area (Å²) in [6.45, 7) is 2.78. The fraction of sp³-hybridized carbons (Fsp3) is 0.188. The predicted octanol–water partition coefficient (Wildman–Crippen LogP) is 4.31. The summed E-state index contributed by atoms with van der Waals surface area (Å²) in [5.41, 5.74) is 6.12. The van der Waals surface area contributed by atoms with Crippen LogP contribution in [0.3, 0.4) is 0 Å². The third-order valence-electron chi connectivity index (χ3n) is 2.76. The van der Waals surface area contributed by atoms with Crippen LogP contribution in [-0.2, 0) is 0 Å². The van der Waals surface area contributed by atoms with Crippen molar-refractivity contribution in [1.82, 2.24) is 0 Å². The molecule has 4 nitrogen and oxygen atoms in total. The Morgan fingerprint density at radius 2 is 1.71 bits per heavy atom. The summed E-state index contributed by atoms with van der Waals surface area (Å²) in [5, 5.41) is 7.44. The molecule has 21 heavy (non-hydrogen) atoms. The van der Waals surface area contributed by atoms with E-state index in [9.17, 15) is 0 Å². The van der Waals surface area contributed by atoms with Gasteiger partial charge >= 0.3 is 0 Å². The third kappa shape index (κ3) is 4.23.